The molecule has 0 fully saturated rings. The first kappa shape index (κ1) is 34.3. The average molecular weight is 670 g/mol. The van der Waals surface area contributed by atoms with E-state index in [0.717, 1.165) is 5.56 Å². The van der Waals surface area contributed by atoms with E-state index >= 15 is 0 Å². The van der Waals surface area contributed by atoms with Crippen LogP contribution in [0.4, 0.5) is 0 Å². The van der Waals surface area contributed by atoms with Crippen LogP contribution in [0, 0.1) is 13.8 Å². The Hall–Kier alpha value is -3.61. The molecular formula is C43H46OZr. The van der Waals surface area contributed by atoms with Crippen LogP contribution in [-0.4, -0.2) is 9.32 Å². The van der Waals surface area contributed by atoms with Gasteiger partial charge in [-0.3, -0.25) is 0 Å². The van der Waals surface area contributed by atoms with Crippen LogP contribution < -0.4 is 0 Å². The van der Waals surface area contributed by atoms with Crippen LogP contribution >= 0.6 is 0 Å². The van der Waals surface area contributed by atoms with Gasteiger partial charge in [0.05, 0.1) is 0 Å². The molecule has 0 aliphatic rings. The van der Waals surface area contributed by atoms with E-state index in [1.807, 2.05) is 6.07 Å². The van der Waals surface area contributed by atoms with E-state index in [-0.39, 0.29) is 10.8 Å². The first-order valence-electron chi connectivity index (χ1n) is 15.6. The van der Waals surface area contributed by atoms with E-state index in [1.54, 1.807) is 6.07 Å². The quantitative estimate of drug-likeness (QED) is 0.159. The number of aryl methyl sites for hydroxylation is 2. The predicted molar refractivity (Wildman–Crippen MR) is 196 cm³/mol. The van der Waals surface area contributed by atoms with Crippen molar-refractivity contribution >= 4 is 47.3 Å². The van der Waals surface area contributed by atoms with Crippen LogP contribution in [0.5, 0.6) is 5.75 Å². The molecule has 0 aliphatic carbocycles. The second kappa shape index (κ2) is 14.2. The third kappa shape index (κ3) is 8.17. The topological polar surface area (TPSA) is 20.2 Å². The molecule has 0 saturated heterocycles. The summed E-state index contributed by atoms with van der Waals surface area (Å²) in [4.78, 5) is 0. The maximum atomic E-state index is 9.84. The molecule has 7 rings (SSSR count). The summed E-state index contributed by atoms with van der Waals surface area (Å²) in [5.74, 6) is 0.399. The second-order valence-corrected chi connectivity index (χ2v) is 13.9. The van der Waals surface area contributed by atoms with Gasteiger partial charge in [-0.25, -0.2) is 0 Å². The molecule has 1 nitrogen and oxygen atoms in total. The summed E-state index contributed by atoms with van der Waals surface area (Å²) in [6, 6.07) is 40.8. The number of phenolic OH excluding ortho intramolecular Hbond substituents is 1. The summed E-state index contributed by atoms with van der Waals surface area (Å²) in [6.45, 7) is 17.2. The zero-order valence-corrected chi connectivity index (χ0v) is 30.6. The summed E-state index contributed by atoms with van der Waals surface area (Å²) < 4.78 is 3.34. The van der Waals surface area contributed by atoms with Gasteiger partial charge < -0.3 is 5.11 Å². The summed E-state index contributed by atoms with van der Waals surface area (Å²) >= 11 is 1.30. The number of fused-ring (bicyclic) bond motifs is 6. The van der Waals surface area contributed by atoms with E-state index in [0.29, 0.717) is 5.75 Å². The van der Waals surface area contributed by atoms with Crippen molar-refractivity contribution in [3.05, 3.63) is 138 Å². The van der Waals surface area contributed by atoms with Gasteiger partial charge in [-0.15, -0.1) is 56.9 Å². The second-order valence-electron chi connectivity index (χ2n) is 13.9. The molecule has 0 saturated carbocycles. The van der Waals surface area contributed by atoms with Crippen LogP contribution in [0.2, 0.25) is 0 Å². The summed E-state index contributed by atoms with van der Waals surface area (Å²) in [5, 5.41) is 20.7. The van der Waals surface area contributed by atoms with Gasteiger partial charge in [0.15, 0.2) is 0 Å². The van der Waals surface area contributed by atoms with Crippen LogP contribution in [0.15, 0.2) is 115 Å². The van der Waals surface area contributed by atoms with E-state index in [1.165, 1.54) is 84.0 Å². The molecule has 0 unspecified atom stereocenters. The average Bonchev–Trinajstić information content (AvgIpc) is 3.59. The van der Waals surface area contributed by atoms with Crippen molar-refractivity contribution in [3.63, 3.8) is 0 Å². The maximum absolute atomic E-state index is 9.84. The molecule has 0 heterocycles. The number of hydrogen-bond acceptors (Lipinski definition) is 1. The normalized spacial score (nSPS) is 11.4. The Bertz CT molecular complexity index is 1930. The van der Waals surface area contributed by atoms with Gasteiger partial charge in [0, 0.05) is 0 Å². The molecule has 0 spiro atoms. The van der Waals surface area contributed by atoms with Crippen molar-refractivity contribution < 1.29 is 29.3 Å². The molecule has 7 aromatic rings. The van der Waals surface area contributed by atoms with Gasteiger partial charge in [0.1, 0.15) is 5.75 Å². The minimum atomic E-state index is -0.00859. The Morgan fingerprint density at radius 1 is 0.533 bits per heavy atom. The Labute approximate surface area is 284 Å². The number of hydrogen-bond donors (Lipinski definition) is 1. The van der Waals surface area contributed by atoms with Crippen LogP contribution in [-0.2, 0) is 35.1 Å². The van der Waals surface area contributed by atoms with Crippen LogP contribution in [0.25, 0.3) is 43.1 Å². The zero-order chi connectivity index (χ0) is 32.9. The summed E-state index contributed by atoms with van der Waals surface area (Å²) in [7, 11) is 0. The molecule has 1 N–H and O–H groups in total. The van der Waals surface area contributed by atoms with E-state index in [2.05, 4.69) is 163 Å². The fourth-order valence-corrected chi connectivity index (χ4v) is 5.83. The minimum absolute atomic E-state index is 0.00859. The van der Waals surface area contributed by atoms with Crippen LogP contribution in [0.3, 0.4) is 0 Å². The fourth-order valence-electron chi connectivity index (χ4n) is 5.83. The summed E-state index contributed by atoms with van der Waals surface area (Å²) in [6.07, 6.45) is 0. The first-order chi connectivity index (χ1) is 21.3. The molecule has 0 bridgehead atoms. The third-order valence-electron chi connectivity index (χ3n) is 8.19. The van der Waals surface area contributed by atoms with Gasteiger partial charge in [0.25, 0.3) is 0 Å². The van der Waals surface area contributed by atoms with Crippen molar-refractivity contribution in [2.24, 2.45) is 0 Å². The number of rotatable bonds is 0. The standard InChI is InChI=1S/C14H22O.2C14H11.CH2.Zr/c1-13(2,3)10-7-8-12(15)11(9-10)14(4,5)6;2*1-10-8-12-7-6-11-4-2-3-5-13(11)14(12)9-10;;/h7-9,15H,1-6H3;2*2-9H,1H3;1H2;/q;2*-1;;+2. The third-order valence-corrected chi connectivity index (χ3v) is 8.19. The molecule has 0 amide bonds. The number of phenols is 1. The SMILES string of the molecule is CC(C)(C)c1ccc(O)c(C(C)(C)C)c1.Cc1cc2c(ccc3ccccc32)[cH-]1.Cc1cc2c(ccc3ccccc32)[cH-]1.[CH2]=[Zr+2]. The molecular weight excluding hydrogens is 624 g/mol. The Kier molecular flexibility index (Phi) is 10.8. The van der Waals surface area contributed by atoms with Gasteiger partial charge in [0.2, 0.25) is 0 Å². The van der Waals surface area contributed by atoms with Gasteiger partial charge in [-0.1, -0.05) is 139 Å². The van der Waals surface area contributed by atoms with Crippen LogP contribution in [0.1, 0.15) is 63.8 Å². The van der Waals surface area contributed by atoms with Crippen molar-refractivity contribution in [2.45, 2.75) is 66.2 Å². The molecule has 0 radical (unpaired) electrons. The molecule has 0 aromatic heterocycles. The van der Waals surface area contributed by atoms with Crippen molar-refractivity contribution in [1.29, 1.82) is 0 Å². The van der Waals surface area contributed by atoms with Gasteiger partial charge >= 0.3 is 28.4 Å². The number of benzene rings is 5. The van der Waals surface area contributed by atoms with Crippen molar-refractivity contribution in [2.75, 3.05) is 0 Å². The molecule has 2 heteroatoms. The molecule has 45 heavy (non-hydrogen) atoms. The fraction of sp³-hybridized carbons (Fsp3) is 0.233. The molecule has 7 aromatic carbocycles. The Morgan fingerprint density at radius 2 is 0.978 bits per heavy atom. The zero-order valence-electron chi connectivity index (χ0n) is 28.1. The van der Waals surface area contributed by atoms with Gasteiger partial charge in [-0.05, 0) is 38.8 Å². The monoisotopic (exact) mass is 668 g/mol. The Morgan fingerprint density at radius 3 is 1.40 bits per heavy atom. The molecule has 228 valence electrons. The predicted octanol–water partition coefficient (Wildman–Crippen LogP) is 12.0. The number of aromatic hydroxyl groups is 1. The summed E-state index contributed by atoms with van der Waals surface area (Å²) in [5.41, 5.74) is 5.10. The van der Waals surface area contributed by atoms with E-state index in [9.17, 15) is 5.11 Å². The molecule has 0 aliphatic heterocycles. The van der Waals surface area contributed by atoms with E-state index in [4.69, 9.17) is 0 Å². The Balaban J connectivity index is 0.000000149. The van der Waals surface area contributed by atoms with Crippen molar-refractivity contribution in [3.8, 4) is 5.75 Å². The van der Waals surface area contributed by atoms with E-state index < -0.39 is 0 Å². The van der Waals surface area contributed by atoms with Crippen molar-refractivity contribution in [1.82, 2.24) is 0 Å². The first-order valence-corrected chi connectivity index (χ1v) is 17.3. The van der Waals surface area contributed by atoms with Gasteiger partial charge in [-0.2, -0.15) is 12.1 Å². The molecule has 0 atom stereocenters.